The van der Waals surface area contributed by atoms with E-state index in [1.54, 1.807) is 22.9 Å². The summed E-state index contributed by atoms with van der Waals surface area (Å²) in [6, 6.07) is 13.5. The lowest BCUT2D eigenvalue weighted by Crippen LogP contribution is -2.22. The summed E-state index contributed by atoms with van der Waals surface area (Å²) in [6.07, 6.45) is 4.28. The van der Waals surface area contributed by atoms with Gasteiger partial charge >= 0.3 is 0 Å². The lowest BCUT2D eigenvalue weighted by Gasteiger charge is -2.19. The molecule has 3 heterocycles. The molecule has 33 heavy (non-hydrogen) atoms. The van der Waals surface area contributed by atoms with E-state index in [4.69, 9.17) is 16.5 Å². The topological polar surface area (TPSA) is 90.2 Å². The number of hydrogen-bond donors (Lipinski definition) is 1. The van der Waals surface area contributed by atoms with Crippen LogP contribution in [0.5, 0.6) is 5.75 Å². The number of benzene rings is 1. The molecule has 0 amide bonds. The molecule has 9 heteroatoms. The highest BCUT2D eigenvalue weighted by molar-refractivity contribution is 6.13. The number of nitriles is 1. The summed E-state index contributed by atoms with van der Waals surface area (Å²) in [5.41, 5.74) is 2.78. The van der Waals surface area contributed by atoms with Crippen LogP contribution in [0.15, 0.2) is 48.8 Å². The minimum absolute atomic E-state index is 0.0166. The first-order chi connectivity index (χ1) is 16.1. The monoisotopic (exact) mass is 463 g/mol. The van der Waals surface area contributed by atoms with Crippen LogP contribution < -0.4 is 15.0 Å². The number of rotatable bonds is 8. The van der Waals surface area contributed by atoms with Crippen molar-refractivity contribution < 1.29 is 4.74 Å². The van der Waals surface area contributed by atoms with E-state index in [0.717, 1.165) is 43.1 Å². The molecule has 2 aromatic heterocycles. The number of nitrogens with zero attached hydrogens (tertiary/aromatic N) is 6. The number of ether oxygens (including phenoxy) is 1. The molecule has 0 spiro atoms. The lowest BCUT2D eigenvalue weighted by molar-refractivity contribution is 0.215. The molecule has 1 fully saturated rings. The normalized spacial score (nSPS) is 15.8. The van der Waals surface area contributed by atoms with Crippen molar-refractivity contribution in [3.63, 3.8) is 0 Å². The van der Waals surface area contributed by atoms with E-state index in [2.05, 4.69) is 45.1 Å². The van der Waals surface area contributed by atoms with E-state index in [1.807, 2.05) is 30.3 Å². The first-order valence-corrected chi connectivity index (χ1v) is 11.4. The van der Waals surface area contributed by atoms with Gasteiger partial charge < -0.3 is 15.0 Å². The molecular weight excluding hydrogens is 438 g/mol. The smallest absolute Gasteiger partial charge is 0.227 e. The van der Waals surface area contributed by atoms with Gasteiger partial charge in [-0.3, -0.25) is 0 Å². The Balaban J connectivity index is 1.50. The Hall–Kier alpha value is -3.41. The van der Waals surface area contributed by atoms with Crippen LogP contribution in [0.2, 0.25) is 0 Å². The SMILES string of the molecule is CCN(CC)c1ccc(Nc2nccc(-c3ccc(O[C@@H]4CCN(Cl)C4)c(C#N)c3)n2)cn1. The van der Waals surface area contributed by atoms with Gasteiger partial charge in [0.25, 0.3) is 0 Å². The Morgan fingerprint density at radius 2 is 2.06 bits per heavy atom. The van der Waals surface area contributed by atoms with Crippen LogP contribution in [-0.4, -0.2) is 51.7 Å². The van der Waals surface area contributed by atoms with Gasteiger partial charge in [0.05, 0.1) is 29.7 Å². The maximum absolute atomic E-state index is 9.64. The van der Waals surface area contributed by atoms with E-state index in [0.29, 0.717) is 29.5 Å². The van der Waals surface area contributed by atoms with Gasteiger partial charge in [0.2, 0.25) is 5.95 Å². The Morgan fingerprint density at radius 3 is 2.73 bits per heavy atom. The molecule has 0 bridgehead atoms. The second-order valence-corrected chi connectivity index (χ2v) is 8.17. The molecule has 3 aromatic rings. The third kappa shape index (κ3) is 5.51. The first kappa shape index (κ1) is 22.8. The maximum Gasteiger partial charge on any atom is 0.227 e. The first-order valence-electron chi connectivity index (χ1n) is 11.0. The third-order valence-corrected chi connectivity index (χ3v) is 5.84. The van der Waals surface area contributed by atoms with Crippen LogP contribution in [-0.2, 0) is 0 Å². The summed E-state index contributed by atoms with van der Waals surface area (Å²) in [7, 11) is 0. The second kappa shape index (κ2) is 10.5. The molecule has 1 saturated heterocycles. The largest absolute Gasteiger partial charge is 0.488 e. The molecule has 1 aliphatic rings. The lowest BCUT2D eigenvalue weighted by atomic mass is 10.1. The van der Waals surface area contributed by atoms with Crippen molar-refractivity contribution in [2.45, 2.75) is 26.4 Å². The van der Waals surface area contributed by atoms with E-state index in [9.17, 15) is 5.26 Å². The van der Waals surface area contributed by atoms with Crippen LogP contribution in [0.3, 0.4) is 0 Å². The van der Waals surface area contributed by atoms with Gasteiger partial charge in [-0.05, 0) is 68.4 Å². The highest BCUT2D eigenvalue weighted by atomic mass is 35.5. The van der Waals surface area contributed by atoms with Crippen LogP contribution in [0.4, 0.5) is 17.5 Å². The van der Waals surface area contributed by atoms with Crippen LogP contribution in [0.25, 0.3) is 11.3 Å². The number of aromatic nitrogens is 3. The van der Waals surface area contributed by atoms with Crippen molar-refractivity contribution in [3.05, 3.63) is 54.4 Å². The van der Waals surface area contributed by atoms with E-state index in [1.165, 1.54) is 0 Å². The summed E-state index contributed by atoms with van der Waals surface area (Å²) in [4.78, 5) is 15.6. The van der Waals surface area contributed by atoms with Gasteiger partial charge in [-0.15, -0.1) is 0 Å². The zero-order valence-corrected chi connectivity index (χ0v) is 19.5. The number of pyridine rings is 1. The Kier molecular flexibility index (Phi) is 7.23. The molecule has 1 aromatic carbocycles. The van der Waals surface area contributed by atoms with Gasteiger partial charge in [0.15, 0.2) is 0 Å². The van der Waals surface area contributed by atoms with Crippen molar-refractivity contribution in [2.24, 2.45) is 0 Å². The minimum Gasteiger partial charge on any atom is -0.488 e. The molecule has 8 nitrogen and oxygen atoms in total. The predicted octanol–water partition coefficient (Wildman–Crippen LogP) is 4.61. The van der Waals surface area contributed by atoms with Gasteiger partial charge in [0, 0.05) is 31.4 Å². The molecular formula is C24H26ClN7O. The second-order valence-electron chi connectivity index (χ2n) is 7.69. The molecule has 1 aliphatic heterocycles. The minimum atomic E-state index is -0.0166. The molecule has 4 rings (SSSR count). The summed E-state index contributed by atoms with van der Waals surface area (Å²) in [6.45, 7) is 7.43. The number of hydrogen-bond acceptors (Lipinski definition) is 8. The highest BCUT2D eigenvalue weighted by Gasteiger charge is 2.23. The third-order valence-electron chi connectivity index (χ3n) is 5.53. The van der Waals surface area contributed by atoms with Gasteiger partial charge in [-0.1, -0.05) is 0 Å². The molecule has 1 N–H and O–H groups in total. The molecule has 170 valence electrons. The molecule has 1 atom stereocenters. The predicted molar refractivity (Wildman–Crippen MR) is 130 cm³/mol. The summed E-state index contributed by atoms with van der Waals surface area (Å²) in [5.74, 6) is 1.95. The fraction of sp³-hybridized carbons (Fsp3) is 0.333. The van der Waals surface area contributed by atoms with Crippen molar-refractivity contribution >= 4 is 29.2 Å². The fourth-order valence-electron chi connectivity index (χ4n) is 3.75. The molecule has 0 radical (unpaired) electrons. The quantitative estimate of drug-likeness (QED) is 0.484. The van der Waals surface area contributed by atoms with E-state index in [-0.39, 0.29) is 6.10 Å². The van der Waals surface area contributed by atoms with Crippen molar-refractivity contribution in [3.8, 4) is 23.1 Å². The number of anilines is 3. The van der Waals surface area contributed by atoms with Gasteiger partial charge in [0.1, 0.15) is 23.7 Å². The average molecular weight is 464 g/mol. The standard InChI is InChI=1S/C24H26ClN7O/c1-3-31(4-2)23-8-6-19(15-28-23)29-24-27-11-9-21(30-24)17-5-7-22(18(13-17)14-26)33-20-10-12-32(25)16-20/h5-9,11,13,15,20H,3-4,10,12,16H2,1-2H3,(H,27,29,30)/t20-/m1/s1. The van der Waals surface area contributed by atoms with Gasteiger partial charge in [-0.25, -0.2) is 19.4 Å². The van der Waals surface area contributed by atoms with Crippen molar-refractivity contribution in [1.82, 2.24) is 19.4 Å². The van der Waals surface area contributed by atoms with Gasteiger partial charge in [-0.2, -0.15) is 5.26 Å². The highest BCUT2D eigenvalue weighted by Crippen LogP contribution is 2.28. The van der Waals surface area contributed by atoms with E-state index >= 15 is 0 Å². The zero-order valence-electron chi connectivity index (χ0n) is 18.7. The maximum atomic E-state index is 9.64. The van der Waals surface area contributed by atoms with Crippen LogP contribution in [0, 0.1) is 11.3 Å². The van der Waals surface area contributed by atoms with Crippen LogP contribution >= 0.6 is 11.8 Å². The molecule has 0 unspecified atom stereocenters. The average Bonchev–Trinajstić information content (AvgIpc) is 3.26. The number of halogens is 1. The molecule has 0 saturated carbocycles. The fourth-order valence-corrected chi connectivity index (χ4v) is 4.00. The zero-order chi connectivity index (χ0) is 23.2. The van der Waals surface area contributed by atoms with Crippen molar-refractivity contribution in [1.29, 1.82) is 5.26 Å². The van der Waals surface area contributed by atoms with E-state index < -0.39 is 0 Å². The number of nitrogens with one attached hydrogen (secondary N) is 1. The van der Waals surface area contributed by atoms with Crippen LogP contribution in [0.1, 0.15) is 25.8 Å². The molecule has 0 aliphatic carbocycles. The summed E-state index contributed by atoms with van der Waals surface area (Å²) in [5, 5.41) is 12.8. The Bertz CT molecular complexity index is 1130. The van der Waals surface area contributed by atoms with Crippen molar-refractivity contribution in [2.75, 3.05) is 36.4 Å². The Labute approximate surface area is 198 Å². The summed E-state index contributed by atoms with van der Waals surface area (Å²) < 4.78 is 7.70. The Morgan fingerprint density at radius 1 is 1.21 bits per heavy atom. The summed E-state index contributed by atoms with van der Waals surface area (Å²) >= 11 is 6.02.